The van der Waals surface area contributed by atoms with Crippen molar-refractivity contribution in [3.05, 3.63) is 23.7 Å². The second kappa shape index (κ2) is 4.22. The monoisotopic (exact) mass is 220 g/mol. The Morgan fingerprint density at radius 1 is 1.19 bits per heavy atom. The maximum absolute atomic E-state index is 5.68. The number of furan rings is 1. The molecule has 0 aromatic carbocycles. The first-order valence-corrected chi connectivity index (χ1v) is 6.37. The molecule has 16 heavy (non-hydrogen) atoms. The lowest BCUT2D eigenvalue weighted by molar-refractivity contribution is 0.222. The van der Waals surface area contributed by atoms with Gasteiger partial charge in [0.15, 0.2) is 0 Å². The van der Waals surface area contributed by atoms with E-state index in [0.29, 0.717) is 6.54 Å². The molecule has 2 aliphatic carbocycles. The minimum Gasteiger partial charge on any atom is -0.463 e. The van der Waals surface area contributed by atoms with Crippen molar-refractivity contribution in [3.63, 3.8) is 0 Å². The molecule has 0 aliphatic heterocycles. The zero-order valence-corrected chi connectivity index (χ0v) is 9.69. The normalized spacial score (nSPS) is 20.6. The zero-order valence-electron chi connectivity index (χ0n) is 9.69. The second-order valence-corrected chi connectivity index (χ2v) is 5.18. The summed E-state index contributed by atoms with van der Waals surface area (Å²) in [6, 6.07) is 4.90. The molecule has 1 aromatic rings. The summed E-state index contributed by atoms with van der Waals surface area (Å²) in [4.78, 5) is 2.59. The summed E-state index contributed by atoms with van der Waals surface area (Å²) in [6.07, 6.45) is 5.60. The lowest BCUT2D eigenvalue weighted by Gasteiger charge is -2.20. The van der Waals surface area contributed by atoms with Crippen LogP contribution in [0.2, 0.25) is 0 Å². The summed E-state index contributed by atoms with van der Waals surface area (Å²) < 4.78 is 5.68. The van der Waals surface area contributed by atoms with Crippen molar-refractivity contribution in [3.8, 4) is 0 Å². The standard InChI is InChI=1S/C13H20N2O/c14-7-12-5-6-13(16-12)9-15(11-3-4-11)8-10-1-2-10/h5-6,10-11H,1-4,7-9,14H2. The number of hydrogen-bond acceptors (Lipinski definition) is 3. The van der Waals surface area contributed by atoms with Gasteiger partial charge in [0.1, 0.15) is 11.5 Å². The molecule has 1 heterocycles. The molecule has 2 fully saturated rings. The van der Waals surface area contributed by atoms with Crippen LogP contribution in [0.15, 0.2) is 16.5 Å². The van der Waals surface area contributed by atoms with Crippen LogP contribution in [0.3, 0.4) is 0 Å². The van der Waals surface area contributed by atoms with Gasteiger partial charge in [-0.1, -0.05) is 0 Å². The number of rotatable bonds is 6. The molecular formula is C13H20N2O. The molecule has 0 bridgehead atoms. The van der Waals surface area contributed by atoms with Crippen LogP contribution in [0.5, 0.6) is 0 Å². The van der Waals surface area contributed by atoms with Gasteiger partial charge in [0.05, 0.1) is 13.1 Å². The first-order valence-electron chi connectivity index (χ1n) is 6.37. The highest BCUT2D eigenvalue weighted by atomic mass is 16.3. The Kier molecular flexibility index (Phi) is 2.74. The van der Waals surface area contributed by atoms with Crippen LogP contribution < -0.4 is 5.73 Å². The summed E-state index contributed by atoms with van der Waals surface area (Å²) in [7, 11) is 0. The van der Waals surface area contributed by atoms with Crippen LogP contribution in [0, 0.1) is 5.92 Å². The molecule has 0 saturated heterocycles. The van der Waals surface area contributed by atoms with E-state index in [9.17, 15) is 0 Å². The smallest absolute Gasteiger partial charge is 0.118 e. The Morgan fingerprint density at radius 2 is 1.94 bits per heavy atom. The van der Waals surface area contributed by atoms with Crippen LogP contribution in [0.1, 0.15) is 37.2 Å². The van der Waals surface area contributed by atoms with E-state index >= 15 is 0 Å². The van der Waals surface area contributed by atoms with E-state index < -0.39 is 0 Å². The second-order valence-electron chi connectivity index (χ2n) is 5.18. The molecule has 0 spiro atoms. The van der Waals surface area contributed by atoms with Crippen molar-refractivity contribution in [2.45, 2.75) is 44.8 Å². The molecule has 0 atom stereocenters. The summed E-state index contributed by atoms with van der Waals surface area (Å²) in [5.41, 5.74) is 5.55. The molecule has 0 amide bonds. The number of hydrogen-bond donors (Lipinski definition) is 1. The van der Waals surface area contributed by atoms with Crippen LogP contribution in [-0.2, 0) is 13.1 Å². The minimum absolute atomic E-state index is 0.506. The van der Waals surface area contributed by atoms with Gasteiger partial charge in [0, 0.05) is 12.6 Å². The third kappa shape index (κ3) is 2.47. The van der Waals surface area contributed by atoms with E-state index in [1.165, 1.54) is 32.2 Å². The molecule has 3 heteroatoms. The van der Waals surface area contributed by atoms with Gasteiger partial charge in [-0.15, -0.1) is 0 Å². The molecule has 3 rings (SSSR count). The number of nitrogens with two attached hydrogens (primary N) is 1. The summed E-state index contributed by atoms with van der Waals surface area (Å²) in [5.74, 6) is 2.94. The molecular weight excluding hydrogens is 200 g/mol. The summed E-state index contributed by atoms with van der Waals surface area (Å²) in [5, 5.41) is 0. The molecule has 2 aliphatic rings. The predicted octanol–water partition coefficient (Wildman–Crippen LogP) is 2.11. The topological polar surface area (TPSA) is 42.4 Å². The van der Waals surface area contributed by atoms with E-state index in [0.717, 1.165) is 30.0 Å². The first kappa shape index (κ1) is 10.4. The molecule has 2 N–H and O–H groups in total. The van der Waals surface area contributed by atoms with Gasteiger partial charge < -0.3 is 10.2 Å². The molecule has 2 saturated carbocycles. The van der Waals surface area contributed by atoms with Crippen LogP contribution in [-0.4, -0.2) is 17.5 Å². The van der Waals surface area contributed by atoms with Gasteiger partial charge in [-0.05, 0) is 43.7 Å². The Morgan fingerprint density at radius 3 is 2.50 bits per heavy atom. The summed E-state index contributed by atoms with van der Waals surface area (Å²) in [6.45, 7) is 2.75. The Labute approximate surface area is 96.6 Å². The van der Waals surface area contributed by atoms with Crippen molar-refractivity contribution in [2.75, 3.05) is 6.54 Å². The lowest BCUT2D eigenvalue weighted by atomic mass is 10.3. The first-order chi connectivity index (χ1) is 7.85. The predicted molar refractivity (Wildman–Crippen MR) is 62.8 cm³/mol. The van der Waals surface area contributed by atoms with Crippen LogP contribution >= 0.6 is 0 Å². The van der Waals surface area contributed by atoms with Crippen molar-refractivity contribution in [1.82, 2.24) is 4.90 Å². The Bertz CT molecular complexity index is 353. The number of nitrogens with zero attached hydrogens (tertiary/aromatic N) is 1. The van der Waals surface area contributed by atoms with Crippen molar-refractivity contribution < 1.29 is 4.42 Å². The third-order valence-corrected chi connectivity index (χ3v) is 3.53. The van der Waals surface area contributed by atoms with Gasteiger partial charge in [0.25, 0.3) is 0 Å². The van der Waals surface area contributed by atoms with Gasteiger partial charge in [-0.3, -0.25) is 4.90 Å². The van der Waals surface area contributed by atoms with E-state index in [1.807, 2.05) is 6.07 Å². The Balaban J connectivity index is 1.60. The van der Waals surface area contributed by atoms with E-state index in [4.69, 9.17) is 10.2 Å². The van der Waals surface area contributed by atoms with E-state index in [1.54, 1.807) is 0 Å². The van der Waals surface area contributed by atoms with Gasteiger partial charge in [0.2, 0.25) is 0 Å². The van der Waals surface area contributed by atoms with Crippen molar-refractivity contribution in [1.29, 1.82) is 0 Å². The van der Waals surface area contributed by atoms with Crippen molar-refractivity contribution in [2.24, 2.45) is 11.7 Å². The fourth-order valence-electron chi connectivity index (χ4n) is 2.23. The molecule has 1 aromatic heterocycles. The Hall–Kier alpha value is -0.800. The average molecular weight is 220 g/mol. The third-order valence-electron chi connectivity index (χ3n) is 3.53. The minimum atomic E-state index is 0.506. The highest BCUT2D eigenvalue weighted by Gasteiger charge is 2.33. The fraction of sp³-hybridized carbons (Fsp3) is 0.692. The maximum atomic E-state index is 5.68. The quantitative estimate of drug-likeness (QED) is 0.798. The largest absolute Gasteiger partial charge is 0.463 e. The fourth-order valence-corrected chi connectivity index (χ4v) is 2.23. The van der Waals surface area contributed by atoms with Gasteiger partial charge in [-0.2, -0.15) is 0 Å². The van der Waals surface area contributed by atoms with Crippen LogP contribution in [0.25, 0.3) is 0 Å². The highest BCUT2D eigenvalue weighted by Crippen LogP contribution is 2.35. The van der Waals surface area contributed by atoms with E-state index in [-0.39, 0.29) is 0 Å². The maximum Gasteiger partial charge on any atom is 0.118 e. The van der Waals surface area contributed by atoms with Crippen molar-refractivity contribution >= 4 is 0 Å². The average Bonchev–Trinajstić information content (AvgIpc) is 3.17. The SMILES string of the molecule is NCc1ccc(CN(CC2CC2)C2CC2)o1. The molecule has 3 nitrogen and oxygen atoms in total. The molecule has 0 radical (unpaired) electrons. The molecule has 88 valence electrons. The lowest BCUT2D eigenvalue weighted by Crippen LogP contribution is -2.27. The molecule has 0 unspecified atom stereocenters. The van der Waals surface area contributed by atoms with Gasteiger partial charge >= 0.3 is 0 Å². The van der Waals surface area contributed by atoms with Crippen LogP contribution in [0.4, 0.5) is 0 Å². The zero-order chi connectivity index (χ0) is 11.0. The van der Waals surface area contributed by atoms with E-state index in [2.05, 4.69) is 11.0 Å². The summed E-state index contributed by atoms with van der Waals surface area (Å²) >= 11 is 0. The van der Waals surface area contributed by atoms with Gasteiger partial charge in [-0.25, -0.2) is 0 Å². The highest BCUT2D eigenvalue weighted by molar-refractivity contribution is 5.07.